The van der Waals surface area contributed by atoms with E-state index < -0.39 is 17.8 Å². The highest BCUT2D eigenvalue weighted by Gasteiger charge is 2.68. The molecule has 1 amide bonds. The van der Waals surface area contributed by atoms with Gasteiger partial charge in [-0.15, -0.1) is 10.2 Å². The molecule has 0 radical (unpaired) electrons. The van der Waals surface area contributed by atoms with E-state index in [-0.39, 0.29) is 31.8 Å². The van der Waals surface area contributed by atoms with E-state index >= 15 is 0 Å². The van der Waals surface area contributed by atoms with Crippen LogP contribution >= 0.6 is 0 Å². The molecule has 26 heavy (non-hydrogen) atoms. The van der Waals surface area contributed by atoms with E-state index in [0.717, 1.165) is 0 Å². The summed E-state index contributed by atoms with van der Waals surface area (Å²) in [6.45, 7) is 0.454. The third-order valence-corrected chi connectivity index (χ3v) is 4.91. The van der Waals surface area contributed by atoms with Gasteiger partial charge in [-0.1, -0.05) is 0 Å². The van der Waals surface area contributed by atoms with Crippen molar-refractivity contribution in [1.29, 1.82) is 0 Å². The van der Waals surface area contributed by atoms with E-state index in [1.54, 1.807) is 33.6 Å². The zero-order chi connectivity index (χ0) is 18.5. The zero-order valence-electron chi connectivity index (χ0n) is 13.9. The van der Waals surface area contributed by atoms with Gasteiger partial charge in [0.25, 0.3) is 11.6 Å². The van der Waals surface area contributed by atoms with Crippen LogP contribution in [-0.2, 0) is 7.05 Å². The van der Waals surface area contributed by atoms with Crippen molar-refractivity contribution in [3.63, 3.8) is 0 Å². The molecule has 0 aromatic carbocycles. The Bertz CT molecular complexity index is 855. The maximum absolute atomic E-state index is 13.1. The molecule has 0 bridgehead atoms. The normalized spacial score (nSPS) is 19.8. The lowest BCUT2D eigenvalue weighted by Gasteiger charge is -2.34. The lowest BCUT2D eigenvalue weighted by molar-refractivity contribution is -0.179. The number of carbonyl (C=O) groups excluding carboxylic acids is 1. The number of aryl methyl sites for hydroxylation is 1. The van der Waals surface area contributed by atoms with E-state index in [0.29, 0.717) is 11.4 Å². The fraction of sp³-hybridized carbons (Fsp3) is 0.533. The number of hydrogen-bond donors (Lipinski definition) is 0. The molecule has 0 atom stereocenters. The van der Waals surface area contributed by atoms with Gasteiger partial charge in [-0.3, -0.25) is 14.0 Å². The molecule has 0 aliphatic carbocycles. The topological polar surface area (TPSA) is 80.7 Å². The summed E-state index contributed by atoms with van der Waals surface area (Å²) < 4.78 is 42.6. The highest BCUT2D eigenvalue weighted by Crippen LogP contribution is 2.52. The molecule has 11 heteroatoms. The van der Waals surface area contributed by atoms with Crippen molar-refractivity contribution in [2.24, 2.45) is 23.2 Å². The number of alkyl halides is 3. The highest BCUT2D eigenvalue weighted by atomic mass is 19.4. The van der Waals surface area contributed by atoms with Crippen molar-refractivity contribution >= 4 is 5.91 Å². The average Bonchev–Trinajstić information content (AvgIpc) is 3.10. The van der Waals surface area contributed by atoms with Gasteiger partial charge in [-0.05, 0) is 12.8 Å². The summed E-state index contributed by atoms with van der Waals surface area (Å²) in [5.41, 5.74) is -1.21. The fourth-order valence-corrected chi connectivity index (χ4v) is 3.40. The Hall–Kier alpha value is -2.72. The minimum atomic E-state index is -4.47. The molecule has 4 heterocycles. The summed E-state index contributed by atoms with van der Waals surface area (Å²) >= 11 is 0. The molecule has 1 fully saturated rings. The smallest absolute Gasteiger partial charge is 0.337 e. The number of amides is 1. The SMILES string of the molecule is Cn1cc(-n2cncc2C(=O)N2CCC(C3(C(F)(F)F)N=N3)CC2)cn1. The maximum Gasteiger partial charge on any atom is 0.437 e. The molecule has 0 N–H and O–H groups in total. The van der Waals surface area contributed by atoms with Crippen LogP contribution < -0.4 is 0 Å². The minimum absolute atomic E-state index is 0.208. The second-order valence-electron chi connectivity index (χ2n) is 6.51. The Kier molecular flexibility index (Phi) is 3.63. The van der Waals surface area contributed by atoms with E-state index in [1.165, 1.54) is 12.5 Å². The van der Waals surface area contributed by atoms with Crippen LogP contribution in [0.3, 0.4) is 0 Å². The van der Waals surface area contributed by atoms with Gasteiger partial charge in [-0.25, -0.2) is 4.98 Å². The first-order valence-electron chi connectivity index (χ1n) is 8.13. The summed E-state index contributed by atoms with van der Waals surface area (Å²) in [6.07, 6.45) is 2.25. The molecule has 0 saturated carbocycles. The van der Waals surface area contributed by atoms with E-state index in [2.05, 4.69) is 20.3 Å². The molecule has 8 nitrogen and oxygen atoms in total. The van der Waals surface area contributed by atoms with E-state index in [9.17, 15) is 18.0 Å². The van der Waals surface area contributed by atoms with Crippen LogP contribution in [0.5, 0.6) is 0 Å². The van der Waals surface area contributed by atoms with E-state index in [1.807, 2.05) is 0 Å². The van der Waals surface area contributed by atoms with Gasteiger partial charge in [0.15, 0.2) is 0 Å². The van der Waals surface area contributed by atoms with Gasteiger partial charge >= 0.3 is 6.18 Å². The molecule has 0 spiro atoms. The second kappa shape index (κ2) is 5.64. The summed E-state index contributed by atoms with van der Waals surface area (Å²) in [6, 6.07) is 0. The van der Waals surface area contributed by atoms with Gasteiger partial charge in [-0.2, -0.15) is 18.3 Å². The monoisotopic (exact) mass is 367 g/mol. The summed E-state index contributed by atoms with van der Waals surface area (Å²) in [5.74, 6) is -0.981. The molecule has 4 rings (SSSR count). The number of rotatable bonds is 3. The van der Waals surface area contributed by atoms with Gasteiger partial charge in [0.1, 0.15) is 5.69 Å². The number of likely N-dealkylation sites (tertiary alicyclic amines) is 1. The summed E-state index contributed by atoms with van der Waals surface area (Å²) in [4.78, 5) is 18.4. The number of carbonyl (C=O) groups is 1. The van der Waals surface area contributed by atoms with Crippen LogP contribution in [0.2, 0.25) is 0 Å². The van der Waals surface area contributed by atoms with Crippen LogP contribution in [-0.4, -0.2) is 55.1 Å². The first-order chi connectivity index (χ1) is 12.3. The molecule has 2 aromatic rings. The van der Waals surface area contributed by atoms with Crippen LogP contribution in [0.1, 0.15) is 23.3 Å². The van der Waals surface area contributed by atoms with Crippen molar-refractivity contribution < 1.29 is 18.0 Å². The Morgan fingerprint density at radius 1 is 1.23 bits per heavy atom. The van der Waals surface area contributed by atoms with E-state index in [4.69, 9.17) is 0 Å². The molecule has 2 aromatic heterocycles. The van der Waals surface area contributed by atoms with Gasteiger partial charge in [0, 0.05) is 32.3 Å². The number of piperidine rings is 1. The Balaban J connectivity index is 1.46. The zero-order valence-corrected chi connectivity index (χ0v) is 13.9. The largest absolute Gasteiger partial charge is 0.437 e. The van der Waals surface area contributed by atoms with Gasteiger partial charge < -0.3 is 4.90 Å². The second-order valence-corrected chi connectivity index (χ2v) is 6.51. The lowest BCUT2D eigenvalue weighted by Crippen LogP contribution is -2.47. The van der Waals surface area contributed by atoms with Crippen molar-refractivity contribution in [3.8, 4) is 5.69 Å². The number of imidazole rings is 1. The number of nitrogens with zero attached hydrogens (tertiary/aromatic N) is 7. The third-order valence-electron chi connectivity index (χ3n) is 4.91. The van der Waals surface area contributed by atoms with Crippen molar-refractivity contribution in [2.45, 2.75) is 24.7 Å². The Morgan fingerprint density at radius 2 is 1.92 bits per heavy atom. The van der Waals surface area contributed by atoms with Crippen molar-refractivity contribution in [2.75, 3.05) is 13.1 Å². The van der Waals surface area contributed by atoms with Crippen LogP contribution in [0.4, 0.5) is 13.2 Å². The molecular formula is C15H16F3N7O. The van der Waals surface area contributed by atoms with Crippen molar-refractivity contribution in [1.82, 2.24) is 24.2 Å². The van der Waals surface area contributed by atoms with Crippen LogP contribution in [0, 0.1) is 5.92 Å². The number of hydrogen-bond acceptors (Lipinski definition) is 5. The molecule has 138 valence electrons. The molecular weight excluding hydrogens is 351 g/mol. The van der Waals surface area contributed by atoms with Gasteiger partial charge in [0.2, 0.25) is 0 Å². The van der Waals surface area contributed by atoms with Crippen LogP contribution in [0.15, 0.2) is 35.1 Å². The Morgan fingerprint density at radius 3 is 2.46 bits per heavy atom. The lowest BCUT2D eigenvalue weighted by atomic mass is 9.86. The maximum atomic E-state index is 13.1. The summed E-state index contributed by atoms with van der Waals surface area (Å²) in [5, 5.41) is 10.6. The predicted molar refractivity (Wildman–Crippen MR) is 82.6 cm³/mol. The number of aromatic nitrogens is 4. The number of halogens is 3. The molecule has 2 aliphatic heterocycles. The third kappa shape index (κ3) is 2.58. The first kappa shape index (κ1) is 16.7. The molecule has 0 unspecified atom stereocenters. The van der Waals surface area contributed by atoms with Gasteiger partial charge in [0.05, 0.1) is 24.4 Å². The minimum Gasteiger partial charge on any atom is -0.337 e. The molecule has 1 saturated heterocycles. The predicted octanol–water partition coefficient (Wildman–Crippen LogP) is 2.18. The fourth-order valence-electron chi connectivity index (χ4n) is 3.40. The van der Waals surface area contributed by atoms with Crippen molar-refractivity contribution in [3.05, 3.63) is 30.6 Å². The average molecular weight is 367 g/mol. The summed E-state index contributed by atoms with van der Waals surface area (Å²) in [7, 11) is 1.76. The quantitative estimate of drug-likeness (QED) is 0.834. The first-order valence-corrected chi connectivity index (χ1v) is 8.13. The molecule has 2 aliphatic rings. The Labute approximate surface area is 146 Å². The standard InChI is InChI=1S/C15H16F3N7O/c1-23-8-11(6-20-23)25-9-19-7-12(25)13(26)24-4-2-10(3-5-24)14(21-22-14)15(16,17)18/h6-10H,2-5H2,1H3. The highest BCUT2D eigenvalue weighted by molar-refractivity contribution is 5.93. The van der Waals surface area contributed by atoms with Crippen LogP contribution in [0.25, 0.3) is 5.69 Å².